The number of amides is 1. The smallest absolute Gasteiger partial charge is 0.347 e. The highest BCUT2D eigenvalue weighted by molar-refractivity contribution is 5.93. The second kappa shape index (κ2) is 8.55. The summed E-state index contributed by atoms with van der Waals surface area (Å²) < 4.78 is 39.9. The van der Waals surface area contributed by atoms with E-state index in [-0.39, 0.29) is 29.6 Å². The lowest BCUT2D eigenvalue weighted by atomic mass is 10.1. The predicted octanol–water partition coefficient (Wildman–Crippen LogP) is 4.82. The highest BCUT2D eigenvalue weighted by Crippen LogP contribution is 2.35. The summed E-state index contributed by atoms with van der Waals surface area (Å²) >= 11 is 0. The summed E-state index contributed by atoms with van der Waals surface area (Å²) in [4.78, 5) is 20.9. The van der Waals surface area contributed by atoms with E-state index in [4.69, 9.17) is 0 Å². The Hall–Kier alpha value is -3.68. The fourth-order valence-electron chi connectivity index (χ4n) is 2.58. The van der Waals surface area contributed by atoms with Crippen molar-refractivity contribution in [3.05, 3.63) is 84.6 Å². The number of halogens is 3. The van der Waals surface area contributed by atoms with Crippen molar-refractivity contribution in [2.24, 2.45) is 0 Å². The summed E-state index contributed by atoms with van der Waals surface area (Å²) in [6.07, 6.45) is -3.03. The van der Waals surface area contributed by atoms with Gasteiger partial charge in [-0.05, 0) is 12.1 Å². The van der Waals surface area contributed by atoms with Crippen molar-refractivity contribution in [1.29, 1.82) is 0 Å². The van der Waals surface area contributed by atoms with Crippen molar-refractivity contribution in [3.63, 3.8) is 0 Å². The molecule has 0 radical (unpaired) electrons. The van der Waals surface area contributed by atoms with Crippen LogP contribution in [0.1, 0.15) is 16.1 Å². The molecule has 1 aromatic heterocycles. The molecule has 148 valence electrons. The van der Waals surface area contributed by atoms with Crippen molar-refractivity contribution in [3.8, 4) is 11.4 Å². The molecule has 3 rings (SSSR count). The molecule has 0 spiro atoms. The van der Waals surface area contributed by atoms with Crippen molar-refractivity contribution in [2.45, 2.75) is 6.18 Å². The minimum absolute atomic E-state index is 0.0210. The van der Waals surface area contributed by atoms with Crippen LogP contribution in [0.25, 0.3) is 11.4 Å². The molecule has 0 saturated carbocycles. The monoisotopic (exact) mass is 398 g/mol. The van der Waals surface area contributed by atoms with Gasteiger partial charge in [0, 0.05) is 18.2 Å². The van der Waals surface area contributed by atoms with Gasteiger partial charge in [-0.3, -0.25) is 4.79 Å². The van der Waals surface area contributed by atoms with Crippen LogP contribution in [-0.2, 0) is 6.18 Å². The van der Waals surface area contributed by atoms with Crippen molar-refractivity contribution >= 4 is 17.4 Å². The molecule has 0 unspecified atom stereocenters. The molecule has 3 aromatic rings. The van der Waals surface area contributed by atoms with Crippen LogP contribution in [0.5, 0.6) is 0 Å². The van der Waals surface area contributed by atoms with E-state index >= 15 is 0 Å². The Bertz CT molecular complexity index is 1020. The molecule has 0 aliphatic heterocycles. The average Bonchev–Trinajstić information content (AvgIpc) is 2.72. The topological polar surface area (TPSA) is 66.9 Å². The van der Waals surface area contributed by atoms with Gasteiger partial charge >= 0.3 is 6.18 Å². The third kappa shape index (κ3) is 4.98. The molecule has 0 aliphatic rings. The number of anilines is 2. The number of aromatic nitrogens is 2. The van der Waals surface area contributed by atoms with E-state index in [9.17, 15) is 18.0 Å². The fraction of sp³-hybridized carbons (Fsp3) is 0.0952. The maximum absolute atomic E-state index is 13.3. The standard InChI is InChI=1S/C21H17F3N4O/c1-2-12-25-20(29)17-13-18(28-19(27-17)14-8-4-3-5-9-14)26-16-11-7-6-10-15(16)21(22,23)24/h2-11,13H,1,12H2,(H,25,29)(H,26,27,28). The Labute approximate surface area is 165 Å². The van der Waals surface area contributed by atoms with Crippen LogP contribution in [0.15, 0.2) is 73.3 Å². The molecule has 0 saturated heterocycles. The number of rotatable bonds is 6. The van der Waals surface area contributed by atoms with E-state index < -0.39 is 17.6 Å². The summed E-state index contributed by atoms with van der Waals surface area (Å²) in [7, 11) is 0. The second-order valence-electron chi connectivity index (χ2n) is 6.00. The second-order valence-corrected chi connectivity index (χ2v) is 6.00. The molecule has 2 aromatic carbocycles. The number of nitrogens with zero attached hydrogens (tertiary/aromatic N) is 2. The Morgan fingerprint density at radius 3 is 2.41 bits per heavy atom. The Morgan fingerprint density at radius 1 is 1.03 bits per heavy atom. The molecule has 0 atom stereocenters. The minimum atomic E-state index is -4.54. The van der Waals surface area contributed by atoms with Crippen LogP contribution >= 0.6 is 0 Å². The van der Waals surface area contributed by atoms with Gasteiger partial charge in [0.25, 0.3) is 5.91 Å². The number of hydrogen-bond acceptors (Lipinski definition) is 4. The van der Waals surface area contributed by atoms with Crippen LogP contribution < -0.4 is 10.6 Å². The summed E-state index contributed by atoms with van der Waals surface area (Å²) in [6, 6.07) is 15.2. The van der Waals surface area contributed by atoms with Crippen LogP contribution in [0.2, 0.25) is 0 Å². The zero-order valence-electron chi connectivity index (χ0n) is 15.2. The van der Waals surface area contributed by atoms with E-state index in [1.54, 1.807) is 24.3 Å². The first-order valence-electron chi connectivity index (χ1n) is 8.65. The van der Waals surface area contributed by atoms with Crippen LogP contribution in [0, 0.1) is 0 Å². The lowest BCUT2D eigenvalue weighted by Gasteiger charge is -2.15. The summed E-state index contributed by atoms with van der Waals surface area (Å²) in [5.74, 6) is -0.209. The molecule has 29 heavy (non-hydrogen) atoms. The predicted molar refractivity (Wildman–Crippen MR) is 105 cm³/mol. The number of benzene rings is 2. The van der Waals surface area contributed by atoms with Gasteiger partial charge in [0.1, 0.15) is 11.5 Å². The van der Waals surface area contributed by atoms with Gasteiger partial charge in [-0.2, -0.15) is 13.2 Å². The Morgan fingerprint density at radius 2 is 1.72 bits per heavy atom. The summed E-state index contributed by atoms with van der Waals surface area (Å²) in [5, 5.41) is 5.27. The number of carbonyl (C=O) groups is 1. The third-order valence-electron chi connectivity index (χ3n) is 3.89. The fourth-order valence-corrected chi connectivity index (χ4v) is 2.58. The quantitative estimate of drug-likeness (QED) is 0.584. The van der Waals surface area contributed by atoms with E-state index in [1.807, 2.05) is 6.07 Å². The third-order valence-corrected chi connectivity index (χ3v) is 3.89. The maximum atomic E-state index is 13.3. The lowest BCUT2D eigenvalue weighted by molar-refractivity contribution is -0.136. The van der Waals surface area contributed by atoms with E-state index in [0.29, 0.717) is 5.56 Å². The number of carbonyl (C=O) groups excluding carboxylic acids is 1. The average molecular weight is 398 g/mol. The van der Waals surface area contributed by atoms with Crippen LogP contribution in [-0.4, -0.2) is 22.4 Å². The van der Waals surface area contributed by atoms with Gasteiger partial charge < -0.3 is 10.6 Å². The first-order valence-corrected chi connectivity index (χ1v) is 8.65. The van der Waals surface area contributed by atoms with Crippen LogP contribution in [0.4, 0.5) is 24.7 Å². The molecular formula is C21H17F3N4O. The molecule has 2 N–H and O–H groups in total. The Balaban J connectivity index is 2.04. The van der Waals surface area contributed by atoms with Gasteiger partial charge in [0.15, 0.2) is 5.82 Å². The zero-order valence-corrected chi connectivity index (χ0v) is 15.2. The van der Waals surface area contributed by atoms with Gasteiger partial charge in [-0.1, -0.05) is 48.5 Å². The molecule has 0 bridgehead atoms. The van der Waals surface area contributed by atoms with Gasteiger partial charge in [-0.25, -0.2) is 9.97 Å². The maximum Gasteiger partial charge on any atom is 0.418 e. The van der Waals surface area contributed by atoms with Crippen molar-refractivity contribution in [1.82, 2.24) is 15.3 Å². The lowest BCUT2D eigenvalue weighted by Crippen LogP contribution is -2.24. The molecule has 1 heterocycles. The highest BCUT2D eigenvalue weighted by atomic mass is 19.4. The molecule has 1 amide bonds. The molecule has 8 heteroatoms. The largest absolute Gasteiger partial charge is 0.418 e. The number of para-hydroxylation sites is 1. The zero-order chi connectivity index (χ0) is 20.9. The highest BCUT2D eigenvalue weighted by Gasteiger charge is 2.33. The molecule has 5 nitrogen and oxygen atoms in total. The Kier molecular flexibility index (Phi) is 5.92. The molecule has 0 fully saturated rings. The SMILES string of the molecule is C=CCNC(=O)c1cc(Nc2ccccc2C(F)(F)F)nc(-c2ccccc2)n1. The molecule has 0 aliphatic carbocycles. The van der Waals surface area contributed by atoms with Crippen LogP contribution in [0.3, 0.4) is 0 Å². The van der Waals surface area contributed by atoms with Crippen molar-refractivity contribution in [2.75, 3.05) is 11.9 Å². The molecular weight excluding hydrogens is 381 g/mol. The van der Waals surface area contributed by atoms with E-state index in [2.05, 4.69) is 27.2 Å². The first kappa shape index (κ1) is 20.1. The first-order chi connectivity index (χ1) is 13.9. The van der Waals surface area contributed by atoms with E-state index in [1.165, 1.54) is 30.3 Å². The van der Waals surface area contributed by atoms with Gasteiger partial charge in [-0.15, -0.1) is 6.58 Å². The summed E-state index contributed by atoms with van der Waals surface area (Å²) in [6.45, 7) is 3.76. The number of nitrogens with one attached hydrogen (secondary N) is 2. The minimum Gasteiger partial charge on any atom is -0.347 e. The van der Waals surface area contributed by atoms with Gasteiger partial charge in [0.05, 0.1) is 11.3 Å². The van der Waals surface area contributed by atoms with Crippen molar-refractivity contribution < 1.29 is 18.0 Å². The van der Waals surface area contributed by atoms with E-state index in [0.717, 1.165) is 6.07 Å². The number of alkyl halides is 3. The normalized spacial score (nSPS) is 11.0. The summed E-state index contributed by atoms with van der Waals surface area (Å²) in [5.41, 5.74) is -0.363. The van der Waals surface area contributed by atoms with Gasteiger partial charge in [0.2, 0.25) is 0 Å². The number of hydrogen-bond donors (Lipinski definition) is 2.